The molecule has 4 N–H and O–H groups in total. The molecule has 1 aliphatic rings. The van der Waals surface area contributed by atoms with Gasteiger partial charge < -0.3 is 34.3 Å². The van der Waals surface area contributed by atoms with Crippen LogP contribution in [0.2, 0.25) is 0 Å². The zero-order chi connectivity index (χ0) is 39.7. The first-order valence-corrected chi connectivity index (χ1v) is 23.2. The molecule has 1 rings (SSSR count). The van der Waals surface area contributed by atoms with E-state index in [2.05, 4.69) is 18.0 Å². The molecule has 0 saturated carbocycles. The summed E-state index contributed by atoms with van der Waals surface area (Å²) >= 11 is 0. The van der Waals surface area contributed by atoms with Crippen molar-refractivity contribution < 1.29 is 56.2 Å². The molecule has 322 valence electrons. The fourth-order valence-corrected chi connectivity index (χ4v) is 7.42. The smallest absolute Gasteiger partial charge is 0.397 e. The third kappa shape index (κ3) is 27.7. The van der Waals surface area contributed by atoms with Crippen molar-refractivity contribution in [1.29, 1.82) is 0 Å². The molecule has 6 atom stereocenters. The van der Waals surface area contributed by atoms with Gasteiger partial charge in [-0.05, 0) is 12.8 Å². The van der Waals surface area contributed by atoms with Gasteiger partial charge in [-0.25, -0.2) is 4.18 Å². The van der Waals surface area contributed by atoms with E-state index in [-0.39, 0.29) is 19.6 Å². The van der Waals surface area contributed by atoms with Crippen LogP contribution in [0.25, 0.3) is 0 Å². The number of hydrogen-bond acceptors (Lipinski definition) is 11. The molecule has 0 aromatic heterocycles. The van der Waals surface area contributed by atoms with Gasteiger partial charge in [-0.15, -0.1) is 0 Å². The Hall–Kier alpha value is -0.900. The maximum atomic E-state index is 12.8. The second kappa shape index (κ2) is 34.2. The molecular formula is C41H80O12S. The number of aliphatic hydroxyl groups excluding tert-OH is 3. The quantitative estimate of drug-likeness (QED) is 0.0266. The summed E-state index contributed by atoms with van der Waals surface area (Å²) in [5, 5.41) is 30.6. The minimum Gasteiger partial charge on any atom is -0.457 e. The molecule has 54 heavy (non-hydrogen) atoms. The molecule has 13 heteroatoms. The monoisotopic (exact) mass is 797 g/mol. The molecule has 6 unspecified atom stereocenters. The Labute approximate surface area is 328 Å². The zero-order valence-electron chi connectivity index (χ0n) is 34.1. The largest absolute Gasteiger partial charge is 0.457 e. The van der Waals surface area contributed by atoms with Crippen LogP contribution >= 0.6 is 0 Å². The normalized spacial score (nSPS) is 21.0. The number of carbonyl (C=O) groups is 1. The highest BCUT2D eigenvalue weighted by Crippen LogP contribution is 2.26. The van der Waals surface area contributed by atoms with Crippen LogP contribution in [0.5, 0.6) is 0 Å². The van der Waals surface area contributed by atoms with Crippen molar-refractivity contribution in [3.8, 4) is 0 Å². The molecule has 0 aliphatic carbocycles. The summed E-state index contributed by atoms with van der Waals surface area (Å²) in [6, 6.07) is 0. The molecule has 0 aromatic rings. The van der Waals surface area contributed by atoms with Gasteiger partial charge in [0.1, 0.15) is 30.5 Å². The van der Waals surface area contributed by atoms with Gasteiger partial charge in [0.15, 0.2) is 6.29 Å². The lowest BCUT2D eigenvalue weighted by atomic mass is 9.99. The molecule has 12 nitrogen and oxygen atoms in total. The van der Waals surface area contributed by atoms with E-state index in [4.69, 9.17) is 23.5 Å². The number of aliphatic hydroxyl groups is 3. The summed E-state index contributed by atoms with van der Waals surface area (Å²) < 4.78 is 58.9. The van der Waals surface area contributed by atoms with Gasteiger partial charge in [-0.1, -0.05) is 174 Å². The van der Waals surface area contributed by atoms with E-state index in [1.807, 2.05) is 0 Å². The Morgan fingerprint density at radius 2 is 1.06 bits per heavy atom. The molecule has 0 spiro atoms. The van der Waals surface area contributed by atoms with Crippen LogP contribution in [0.1, 0.15) is 194 Å². The standard InChI is InChI=1S/C41H80O12S/c1-3-5-7-9-11-13-14-15-16-17-18-19-20-21-22-24-26-28-30-37(43)51-35(33-49-31-29-27-25-23-12-10-8-6-4-2)34-50-41-39(45)40(53-54(46,47)48)38(44)36(32-42)52-41/h35-36,38-42,44-45H,3-34H2,1-2H3,(H,46,47,48). The summed E-state index contributed by atoms with van der Waals surface area (Å²) in [6.45, 7) is 3.99. The third-order valence-corrected chi connectivity index (χ3v) is 10.7. The van der Waals surface area contributed by atoms with E-state index in [9.17, 15) is 28.5 Å². The number of esters is 1. The third-order valence-electron chi connectivity index (χ3n) is 10.2. The van der Waals surface area contributed by atoms with Crippen LogP contribution in [-0.2, 0) is 38.3 Å². The Kier molecular flexibility index (Phi) is 32.3. The number of ether oxygens (including phenoxy) is 4. The Morgan fingerprint density at radius 1 is 0.630 bits per heavy atom. The fraction of sp³-hybridized carbons (Fsp3) is 0.976. The maximum absolute atomic E-state index is 12.8. The summed E-state index contributed by atoms with van der Waals surface area (Å²) in [4.78, 5) is 12.8. The first kappa shape index (κ1) is 51.1. The zero-order valence-corrected chi connectivity index (χ0v) is 34.9. The Balaban J connectivity index is 2.39. The number of unbranched alkanes of at least 4 members (excludes halogenated alkanes) is 25. The van der Waals surface area contributed by atoms with E-state index < -0.39 is 59.8 Å². The summed E-state index contributed by atoms with van der Waals surface area (Å²) in [5.74, 6) is -0.395. The van der Waals surface area contributed by atoms with Crippen molar-refractivity contribution in [2.24, 2.45) is 0 Å². The van der Waals surface area contributed by atoms with Crippen molar-refractivity contribution in [3.63, 3.8) is 0 Å². The highest BCUT2D eigenvalue weighted by Gasteiger charge is 2.48. The predicted molar refractivity (Wildman–Crippen MR) is 211 cm³/mol. The van der Waals surface area contributed by atoms with Gasteiger partial charge in [0.25, 0.3) is 0 Å². The highest BCUT2D eigenvalue weighted by molar-refractivity contribution is 7.80. The topological polar surface area (TPSA) is 178 Å². The van der Waals surface area contributed by atoms with Crippen LogP contribution in [-0.4, -0.2) is 97.5 Å². The Morgan fingerprint density at radius 3 is 1.48 bits per heavy atom. The van der Waals surface area contributed by atoms with Crippen LogP contribution < -0.4 is 0 Å². The lowest BCUT2D eigenvalue weighted by Crippen LogP contribution is -2.60. The molecule has 0 amide bonds. The molecule has 0 bridgehead atoms. The van der Waals surface area contributed by atoms with Gasteiger partial charge in [0, 0.05) is 13.0 Å². The van der Waals surface area contributed by atoms with Crippen molar-refractivity contribution in [2.45, 2.75) is 230 Å². The van der Waals surface area contributed by atoms with Gasteiger partial charge in [-0.3, -0.25) is 9.35 Å². The fourth-order valence-electron chi connectivity index (χ4n) is 6.91. The summed E-state index contributed by atoms with van der Waals surface area (Å²) in [6.07, 6.45) is 24.3. The van der Waals surface area contributed by atoms with E-state index >= 15 is 0 Å². The first-order chi connectivity index (χ1) is 26.1. The molecular weight excluding hydrogens is 717 g/mol. The molecule has 1 heterocycles. The first-order valence-electron chi connectivity index (χ1n) is 21.8. The molecule has 1 aliphatic heterocycles. The second-order valence-electron chi connectivity index (χ2n) is 15.3. The number of hydrogen-bond donors (Lipinski definition) is 4. The van der Waals surface area contributed by atoms with Crippen molar-refractivity contribution in [3.05, 3.63) is 0 Å². The van der Waals surface area contributed by atoms with Crippen LogP contribution in [0, 0.1) is 0 Å². The van der Waals surface area contributed by atoms with Crippen LogP contribution in [0.3, 0.4) is 0 Å². The Bertz CT molecular complexity index is 968. The van der Waals surface area contributed by atoms with E-state index in [1.54, 1.807) is 0 Å². The van der Waals surface area contributed by atoms with Gasteiger partial charge in [0.2, 0.25) is 0 Å². The van der Waals surface area contributed by atoms with Crippen molar-refractivity contribution in [1.82, 2.24) is 0 Å². The molecule has 0 radical (unpaired) electrons. The van der Waals surface area contributed by atoms with Crippen LogP contribution in [0.15, 0.2) is 0 Å². The summed E-state index contributed by atoms with van der Waals surface area (Å²) in [5.41, 5.74) is 0. The molecule has 0 aromatic carbocycles. The van der Waals surface area contributed by atoms with Crippen LogP contribution in [0.4, 0.5) is 0 Å². The lowest BCUT2D eigenvalue weighted by Gasteiger charge is -2.41. The van der Waals surface area contributed by atoms with E-state index in [1.165, 1.54) is 128 Å². The van der Waals surface area contributed by atoms with E-state index in [0.717, 1.165) is 38.5 Å². The predicted octanol–water partition coefficient (Wildman–Crippen LogP) is 8.52. The average Bonchev–Trinajstić information content (AvgIpc) is 3.14. The van der Waals surface area contributed by atoms with Crippen molar-refractivity contribution in [2.75, 3.05) is 26.4 Å². The minimum absolute atomic E-state index is 0.0434. The number of rotatable bonds is 38. The van der Waals surface area contributed by atoms with Gasteiger partial charge in [0.05, 0.1) is 19.8 Å². The second-order valence-corrected chi connectivity index (χ2v) is 16.4. The molecule has 1 fully saturated rings. The average molecular weight is 797 g/mol. The number of carbonyl (C=O) groups excluding carboxylic acids is 1. The minimum atomic E-state index is -5.05. The van der Waals surface area contributed by atoms with Crippen molar-refractivity contribution >= 4 is 16.4 Å². The molecule has 1 saturated heterocycles. The van der Waals surface area contributed by atoms with E-state index in [0.29, 0.717) is 13.0 Å². The maximum Gasteiger partial charge on any atom is 0.397 e. The summed E-state index contributed by atoms with van der Waals surface area (Å²) in [7, 11) is -5.05. The highest BCUT2D eigenvalue weighted by atomic mass is 32.3. The SMILES string of the molecule is CCCCCCCCCCCCCCCCCCCCC(=O)OC(COCCCCCCCCCCC)COC1OC(CO)C(O)C(OS(=O)(=O)O)C1O. The lowest BCUT2D eigenvalue weighted by molar-refractivity contribution is -0.301. The van der Waals surface area contributed by atoms with Gasteiger partial charge >= 0.3 is 16.4 Å². The van der Waals surface area contributed by atoms with Gasteiger partial charge in [-0.2, -0.15) is 8.42 Å².